The van der Waals surface area contributed by atoms with Gasteiger partial charge in [-0.05, 0) is 12.1 Å². The Morgan fingerprint density at radius 3 is 2.95 bits per heavy atom. The number of aromatic nitrogens is 3. The lowest BCUT2D eigenvalue weighted by Crippen LogP contribution is -2.27. The molecule has 2 heterocycles. The molecule has 0 unspecified atom stereocenters. The van der Waals surface area contributed by atoms with Crippen LogP contribution in [0.4, 0.5) is 5.13 Å². The van der Waals surface area contributed by atoms with Crippen molar-refractivity contribution in [2.24, 2.45) is 0 Å². The van der Waals surface area contributed by atoms with Crippen molar-refractivity contribution >= 4 is 33.4 Å². The van der Waals surface area contributed by atoms with Crippen LogP contribution in [0, 0.1) is 0 Å². The van der Waals surface area contributed by atoms with Crippen LogP contribution in [-0.4, -0.2) is 27.9 Å². The average Bonchev–Trinajstić information content (AvgIpc) is 3.06. The molecule has 0 aliphatic carbocycles. The molecule has 1 amide bonds. The Kier molecular flexibility index (Phi) is 3.97. The summed E-state index contributed by atoms with van der Waals surface area (Å²) in [6, 6.07) is 7.33. The van der Waals surface area contributed by atoms with Crippen molar-refractivity contribution in [1.82, 2.24) is 15.0 Å². The number of amides is 1. The summed E-state index contributed by atoms with van der Waals surface area (Å²) in [4.78, 5) is 36.9. The summed E-state index contributed by atoms with van der Waals surface area (Å²) in [7, 11) is 1.68. The minimum Gasteiger partial charge on any atom is -0.319 e. The highest BCUT2D eigenvalue weighted by Gasteiger charge is 2.14. The highest BCUT2D eigenvalue weighted by atomic mass is 32.1. The van der Waals surface area contributed by atoms with Gasteiger partial charge in [0.15, 0.2) is 5.13 Å². The van der Waals surface area contributed by atoms with E-state index in [4.69, 9.17) is 0 Å². The Hall–Kier alpha value is -2.54. The molecule has 0 aliphatic heterocycles. The van der Waals surface area contributed by atoms with Gasteiger partial charge in [-0.25, -0.2) is 9.97 Å². The number of hydrogen-bond donors (Lipinski definition) is 1. The highest BCUT2D eigenvalue weighted by molar-refractivity contribution is 7.13. The number of benzene rings is 1. The maximum Gasteiger partial charge on any atom is 0.270 e. The van der Waals surface area contributed by atoms with Gasteiger partial charge in [-0.1, -0.05) is 12.1 Å². The van der Waals surface area contributed by atoms with Crippen LogP contribution in [0.5, 0.6) is 0 Å². The summed E-state index contributed by atoms with van der Waals surface area (Å²) in [6.45, 7) is 0. The number of thiazole rings is 1. The molecule has 0 fully saturated rings. The quantitative estimate of drug-likeness (QED) is 0.798. The zero-order chi connectivity index (χ0) is 15.5. The minimum atomic E-state index is -0.247. The number of aromatic amines is 1. The van der Waals surface area contributed by atoms with Gasteiger partial charge in [0.1, 0.15) is 5.69 Å². The average molecular weight is 314 g/mol. The second kappa shape index (κ2) is 6.07. The number of aryl methyl sites for hydroxylation is 1. The van der Waals surface area contributed by atoms with Crippen molar-refractivity contribution in [3.8, 4) is 0 Å². The van der Waals surface area contributed by atoms with Crippen LogP contribution < -0.4 is 10.5 Å². The zero-order valence-electron chi connectivity index (χ0n) is 11.9. The number of anilines is 1. The number of fused-ring (bicyclic) bond motifs is 1. The Labute approximate surface area is 130 Å². The van der Waals surface area contributed by atoms with Gasteiger partial charge in [-0.3, -0.25) is 14.5 Å². The van der Waals surface area contributed by atoms with Crippen molar-refractivity contribution in [3.63, 3.8) is 0 Å². The number of H-pyrrole nitrogens is 1. The van der Waals surface area contributed by atoms with Crippen molar-refractivity contribution in [2.45, 2.75) is 12.8 Å². The first-order valence-electron chi connectivity index (χ1n) is 6.79. The smallest absolute Gasteiger partial charge is 0.270 e. The summed E-state index contributed by atoms with van der Waals surface area (Å²) in [6.07, 6.45) is 2.17. The van der Waals surface area contributed by atoms with E-state index in [1.165, 1.54) is 16.2 Å². The van der Waals surface area contributed by atoms with E-state index in [0.29, 0.717) is 22.8 Å². The Morgan fingerprint density at radius 2 is 2.18 bits per heavy atom. The van der Waals surface area contributed by atoms with Crippen molar-refractivity contribution in [3.05, 3.63) is 51.9 Å². The van der Waals surface area contributed by atoms with E-state index < -0.39 is 0 Å². The summed E-state index contributed by atoms with van der Waals surface area (Å²) in [5.74, 6) is -0.0932. The maximum absolute atomic E-state index is 12.1. The molecular formula is C15H14N4O2S. The van der Waals surface area contributed by atoms with Gasteiger partial charge in [-0.2, -0.15) is 0 Å². The van der Waals surface area contributed by atoms with Crippen LogP contribution in [0.1, 0.15) is 12.1 Å². The first-order chi connectivity index (χ1) is 10.6. The fraction of sp³-hybridized carbons (Fsp3) is 0.200. The number of nitrogens with zero attached hydrogens (tertiary/aromatic N) is 3. The van der Waals surface area contributed by atoms with Gasteiger partial charge in [0.25, 0.3) is 5.56 Å². The summed E-state index contributed by atoms with van der Waals surface area (Å²) >= 11 is 1.40. The molecule has 0 saturated heterocycles. The third-order valence-corrected chi connectivity index (χ3v) is 4.17. The molecule has 1 N–H and O–H groups in total. The second-order valence-corrected chi connectivity index (χ2v) is 5.67. The number of carbonyl (C=O) groups excluding carboxylic acids is 1. The molecule has 0 radical (unpaired) electrons. The standard InChI is InChI=1S/C15H14N4O2S/c1-19(15-16-8-9-22-15)13(20)7-6-12-14(21)18-11-5-3-2-4-10(11)17-12/h2-5,8-9H,6-7H2,1H3,(H,18,21). The SMILES string of the molecule is CN(C(=O)CCc1nc2ccccc2[nH]c1=O)c1nccs1. The topological polar surface area (TPSA) is 79.0 Å². The van der Waals surface area contributed by atoms with Gasteiger partial charge >= 0.3 is 0 Å². The van der Waals surface area contributed by atoms with E-state index >= 15 is 0 Å². The molecule has 0 atom stereocenters. The predicted octanol–water partition coefficient (Wildman–Crippen LogP) is 1.98. The number of nitrogens with one attached hydrogen (secondary N) is 1. The summed E-state index contributed by atoms with van der Waals surface area (Å²) in [5.41, 5.74) is 1.54. The largest absolute Gasteiger partial charge is 0.319 e. The van der Waals surface area contributed by atoms with Crippen LogP contribution in [-0.2, 0) is 11.2 Å². The molecule has 0 bridgehead atoms. The van der Waals surface area contributed by atoms with Crippen molar-refractivity contribution < 1.29 is 4.79 Å². The maximum atomic E-state index is 12.1. The molecule has 6 nitrogen and oxygen atoms in total. The van der Waals surface area contributed by atoms with E-state index in [1.807, 2.05) is 23.6 Å². The number of carbonyl (C=O) groups is 1. The van der Waals surface area contributed by atoms with Gasteiger partial charge < -0.3 is 4.98 Å². The first kappa shape index (κ1) is 14.4. The lowest BCUT2D eigenvalue weighted by Gasteiger charge is -2.13. The summed E-state index contributed by atoms with van der Waals surface area (Å²) < 4.78 is 0. The van der Waals surface area contributed by atoms with Crippen LogP contribution in [0.15, 0.2) is 40.6 Å². The number of rotatable bonds is 4. The molecular weight excluding hydrogens is 300 g/mol. The highest BCUT2D eigenvalue weighted by Crippen LogP contribution is 2.16. The van der Waals surface area contributed by atoms with Gasteiger partial charge in [0.2, 0.25) is 5.91 Å². The number of hydrogen-bond acceptors (Lipinski definition) is 5. The van der Waals surface area contributed by atoms with Crippen LogP contribution in [0.25, 0.3) is 11.0 Å². The van der Waals surface area contributed by atoms with E-state index in [2.05, 4.69) is 15.0 Å². The molecule has 0 saturated carbocycles. The van der Waals surface area contributed by atoms with Gasteiger partial charge in [-0.15, -0.1) is 11.3 Å². The molecule has 112 valence electrons. The third kappa shape index (κ3) is 2.89. The van der Waals surface area contributed by atoms with Crippen LogP contribution in [0.2, 0.25) is 0 Å². The minimum absolute atomic E-state index is 0.0932. The summed E-state index contributed by atoms with van der Waals surface area (Å²) in [5, 5.41) is 2.46. The first-order valence-corrected chi connectivity index (χ1v) is 7.67. The molecule has 2 aromatic heterocycles. The predicted molar refractivity (Wildman–Crippen MR) is 86.2 cm³/mol. The second-order valence-electron chi connectivity index (χ2n) is 4.80. The molecule has 0 aliphatic rings. The fourth-order valence-electron chi connectivity index (χ4n) is 2.12. The van der Waals surface area contributed by atoms with E-state index in [9.17, 15) is 9.59 Å². The van der Waals surface area contributed by atoms with E-state index in [1.54, 1.807) is 19.3 Å². The fourth-order valence-corrected chi connectivity index (χ4v) is 2.74. The van der Waals surface area contributed by atoms with Crippen molar-refractivity contribution in [2.75, 3.05) is 11.9 Å². The van der Waals surface area contributed by atoms with Gasteiger partial charge in [0, 0.05) is 31.5 Å². The Bertz CT molecular complexity index is 857. The van der Waals surface area contributed by atoms with Gasteiger partial charge in [0.05, 0.1) is 11.0 Å². The monoisotopic (exact) mass is 314 g/mol. The molecule has 3 aromatic rings. The third-order valence-electron chi connectivity index (χ3n) is 3.33. The van der Waals surface area contributed by atoms with Crippen molar-refractivity contribution in [1.29, 1.82) is 0 Å². The molecule has 7 heteroatoms. The lowest BCUT2D eigenvalue weighted by molar-refractivity contribution is -0.118. The van der Waals surface area contributed by atoms with Crippen LogP contribution in [0.3, 0.4) is 0 Å². The molecule has 0 spiro atoms. The van der Waals surface area contributed by atoms with Crippen LogP contribution >= 0.6 is 11.3 Å². The Balaban J connectivity index is 1.75. The molecule has 3 rings (SSSR count). The molecule has 22 heavy (non-hydrogen) atoms. The molecule has 1 aromatic carbocycles. The Morgan fingerprint density at radius 1 is 1.36 bits per heavy atom. The number of para-hydroxylation sites is 2. The lowest BCUT2D eigenvalue weighted by atomic mass is 10.2. The van der Waals surface area contributed by atoms with E-state index in [0.717, 1.165) is 5.52 Å². The van der Waals surface area contributed by atoms with E-state index in [-0.39, 0.29) is 17.9 Å². The normalized spacial score (nSPS) is 10.8. The zero-order valence-corrected chi connectivity index (χ0v) is 12.8.